The average molecular weight is 400 g/mol. The van der Waals surface area contributed by atoms with Crippen LogP contribution in [0.15, 0.2) is 28.8 Å². The number of hydrogen-bond acceptors (Lipinski definition) is 5. The third-order valence-electron chi connectivity index (χ3n) is 5.42. The van der Waals surface area contributed by atoms with Gasteiger partial charge in [-0.3, -0.25) is 4.68 Å². The van der Waals surface area contributed by atoms with E-state index in [-0.39, 0.29) is 12.4 Å². The molecule has 28 heavy (non-hydrogen) atoms. The maximum atomic E-state index is 6.26. The molecule has 1 aliphatic rings. The number of halogens is 1. The van der Waals surface area contributed by atoms with E-state index in [1.54, 1.807) is 0 Å². The summed E-state index contributed by atoms with van der Waals surface area (Å²) in [6, 6.07) is 8.54. The van der Waals surface area contributed by atoms with E-state index in [0.29, 0.717) is 11.7 Å². The lowest BCUT2D eigenvalue weighted by atomic mass is 9.77. The highest BCUT2D eigenvalue weighted by Gasteiger charge is 2.38. The third kappa shape index (κ3) is 3.88. The Morgan fingerprint density at radius 2 is 1.86 bits per heavy atom. The van der Waals surface area contributed by atoms with Gasteiger partial charge in [0.2, 0.25) is 0 Å². The fourth-order valence-corrected chi connectivity index (χ4v) is 3.41. The molecule has 4 rings (SSSR count). The summed E-state index contributed by atoms with van der Waals surface area (Å²) in [7, 11) is 0. The van der Waals surface area contributed by atoms with Crippen molar-refractivity contribution in [2.24, 2.45) is 5.73 Å². The largest absolute Gasteiger partial charge is 0.335 e. The minimum atomic E-state index is -0.402. The van der Waals surface area contributed by atoms with E-state index in [2.05, 4.69) is 53.4 Å². The van der Waals surface area contributed by atoms with E-state index in [1.807, 2.05) is 23.8 Å². The van der Waals surface area contributed by atoms with Crippen molar-refractivity contribution in [2.75, 3.05) is 0 Å². The van der Waals surface area contributed by atoms with Gasteiger partial charge in [-0.1, -0.05) is 35.0 Å². The van der Waals surface area contributed by atoms with Crippen molar-refractivity contribution < 1.29 is 4.52 Å². The number of aromatic nitrogens is 4. The van der Waals surface area contributed by atoms with Crippen LogP contribution < -0.4 is 5.73 Å². The van der Waals surface area contributed by atoms with Gasteiger partial charge in [0, 0.05) is 17.3 Å². The lowest BCUT2D eigenvalue weighted by Gasteiger charge is -2.34. The van der Waals surface area contributed by atoms with Crippen molar-refractivity contribution in [3.8, 4) is 0 Å². The van der Waals surface area contributed by atoms with Crippen LogP contribution in [0.4, 0.5) is 0 Å². The van der Waals surface area contributed by atoms with Gasteiger partial charge in [0.1, 0.15) is 0 Å². The molecular formula is C21H26ClN5O. The average Bonchev–Trinajstić information content (AvgIpc) is 3.19. The van der Waals surface area contributed by atoms with E-state index >= 15 is 0 Å². The molecule has 2 N–H and O–H groups in total. The van der Waals surface area contributed by atoms with Gasteiger partial charge in [-0.2, -0.15) is 10.1 Å². The Hall–Kier alpha value is -2.44. The van der Waals surface area contributed by atoms with Crippen molar-refractivity contribution in [1.29, 1.82) is 0 Å². The lowest BCUT2D eigenvalue weighted by molar-refractivity contribution is 0.229. The molecule has 0 spiro atoms. The fraction of sp³-hybridized carbons (Fsp3) is 0.381. The van der Waals surface area contributed by atoms with Crippen molar-refractivity contribution in [1.82, 2.24) is 19.9 Å². The second-order valence-electron chi connectivity index (χ2n) is 7.53. The molecule has 7 heteroatoms. The summed E-state index contributed by atoms with van der Waals surface area (Å²) >= 11 is 0. The molecule has 1 aromatic carbocycles. The summed E-state index contributed by atoms with van der Waals surface area (Å²) in [6.07, 6.45) is 6.78. The van der Waals surface area contributed by atoms with Crippen LogP contribution in [-0.2, 0) is 12.1 Å². The van der Waals surface area contributed by atoms with E-state index in [0.717, 1.165) is 42.8 Å². The molecule has 0 aliphatic heterocycles. The molecule has 6 nitrogen and oxygen atoms in total. The van der Waals surface area contributed by atoms with Gasteiger partial charge in [-0.25, -0.2) is 0 Å². The topological polar surface area (TPSA) is 82.8 Å². The monoisotopic (exact) mass is 399 g/mol. The van der Waals surface area contributed by atoms with Gasteiger partial charge in [0.25, 0.3) is 5.89 Å². The number of nitrogens with zero attached hydrogens (tertiary/aromatic N) is 4. The van der Waals surface area contributed by atoms with Gasteiger partial charge < -0.3 is 10.3 Å². The molecular weight excluding hydrogens is 374 g/mol. The molecule has 0 radical (unpaired) electrons. The Kier molecular flexibility index (Phi) is 5.72. The van der Waals surface area contributed by atoms with Crippen LogP contribution in [0.2, 0.25) is 0 Å². The molecule has 2 heterocycles. The summed E-state index contributed by atoms with van der Waals surface area (Å²) in [5.74, 6) is 1.09. The molecule has 0 bridgehead atoms. The standard InChI is InChI=1S/C21H25N5O.ClH/c1-14-5-7-17(8-6-14)13-26-16(3)18(15(2)24-26)9-10-19-23-20(25-27-19)21(22)11-4-12-21;/h5-10H,4,11-13,22H2,1-3H3;1H/b10-9+;. The molecule has 0 unspecified atom stereocenters. The Labute approximate surface area is 171 Å². The minimum Gasteiger partial charge on any atom is -0.335 e. The Balaban J connectivity index is 0.00000225. The number of nitrogens with two attached hydrogens (primary N) is 1. The second kappa shape index (κ2) is 7.89. The summed E-state index contributed by atoms with van der Waals surface area (Å²) in [5, 5.41) is 8.74. The van der Waals surface area contributed by atoms with Gasteiger partial charge in [0.05, 0.1) is 17.8 Å². The number of benzene rings is 1. The lowest BCUT2D eigenvalue weighted by Crippen LogP contribution is -2.44. The van der Waals surface area contributed by atoms with Crippen molar-refractivity contribution >= 4 is 24.6 Å². The Bertz CT molecular complexity index is 983. The molecule has 148 valence electrons. The summed E-state index contributed by atoms with van der Waals surface area (Å²) in [6.45, 7) is 6.94. The van der Waals surface area contributed by atoms with Crippen LogP contribution in [0.25, 0.3) is 12.2 Å². The summed E-state index contributed by atoms with van der Waals surface area (Å²) < 4.78 is 7.38. The first-order valence-electron chi connectivity index (χ1n) is 9.35. The highest BCUT2D eigenvalue weighted by molar-refractivity contribution is 5.85. The first kappa shape index (κ1) is 20.3. The number of aryl methyl sites for hydroxylation is 2. The molecule has 0 atom stereocenters. The molecule has 3 aromatic rings. The van der Waals surface area contributed by atoms with Crippen LogP contribution in [0.3, 0.4) is 0 Å². The van der Waals surface area contributed by atoms with E-state index in [4.69, 9.17) is 10.3 Å². The number of rotatable bonds is 5. The van der Waals surface area contributed by atoms with Crippen molar-refractivity contribution in [3.63, 3.8) is 0 Å². The maximum Gasteiger partial charge on any atom is 0.250 e. The van der Waals surface area contributed by atoms with Crippen LogP contribution in [-0.4, -0.2) is 19.9 Å². The van der Waals surface area contributed by atoms with Crippen LogP contribution >= 0.6 is 12.4 Å². The summed E-state index contributed by atoms with van der Waals surface area (Å²) in [5.41, 5.74) is 11.5. The van der Waals surface area contributed by atoms with E-state index < -0.39 is 5.54 Å². The van der Waals surface area contributed by atoms with Gasteiger partial charge in [0.15, 0.2) is 5.82 Å². The van der Waals surface area contributed by atoms with E-state index in [9.17, 15) is 0 Å². The molecule has 1 saturated carbocycles. The zero-order chi connectivity index (χ0) is 19.0. The normalized spacial score (nSPS) is 15.4. The maximum absolute atomic E-state index is 6.26. The first-order valence-corrected chi connectivity index (χ1v) is 9.35. The summed E-state index contributed by atoms with van der Waals surface area (Å²) in [4.78, 5) is 4.44. The molecule has 1 aliphatic carbocycles. The van der Waals surface area contributed by atoms with E-state index in [1.165, 1.54) is 11.1 Å². The highest BCUT2D eigenvalue weighted by atomic mass is 35.5. The predicted octanol–water partition coefficient (Wildman–Crippen LogP) is 4.17. The zero-order valence-electron chi connectivity index (χ0n) is 16.5. The Morgan fingerprint density at radius 3 is 2.50 bits per heavy atom. The number of hydrogen-bond donors (Lipinski definition) is 1. The minimum absolute atomic E-state index is 0. The van der Waals surface area contributed by atoms with Gasteiger partial charge in [-0.15, -0.1) is 12.4 Å². The van der Waals surface area contributed by atoms with Crippen molar-refractivity contribution in [2.45, 2.75) is 52.1 Å². The molecule has 0 amide bonds. The highest BCUT2D eigenvalue weighted by Crippen LogP contribution is 2.36. The third-order valence-corrected chi connectivity index (χ3v) is 5.42. The smallest absolute Gasteiger partial charge is 0.250 e. The van der Waals surface area contributed by atoms with Crippen LogP contribution in [0.5, 0.6) is 0 Å². The molecule has 0 saturated heterocycles. The second-order valence-corrected chi connectivity index (χ2v) is 7.53. The first-order chi connectivity index (χ1) is 12.9. The van der Waals surface area contributed by atoms with Crippen LogP contribution in [0, 0.1) is 20.8 Å². The quantitative estimate of drug-likeness (QED) is 0.696. The van der Waals surface area contributed by atoms with Gasteiger partial charge >= 0.3 is 0 Å². The SMILES string of the molecule is Cc1ccc(Cn2nc(C)c(/C=C/c3nc(C4(N)CCC4)no3)c2C)cc1.Cl. The molecule has 1 fully saturated rings. The van der Waals surface area contributed by atoms with Gasteiger partial charge in [-0.05, 0) is 51.7 Å². The Morgan fingerprint density at radius 1 is 1.14 bits per heavy atom. The van der Waals surface area contributed by atoms with Crippen molar-refractivity contribution in [3.05, 3.63) is 64.1 Å². The zero-order valence-corrected chi connectivity index (χ0v) is 17.3. The predicted molar refractivity (Wildman–Crippen MR) is 112 cm³/mol. The fourth-order valence-electron chi connectivity index (χ4n) is 3.41. The molecule has 2 aromatic heterocycles. The van der Waals surface area contributed by atoms with Crippen LogP contribution in [0.1, 0.15) is 59.1 Å².